The Morgan fingerprint density at radius 1 is 1.10 bits per heavy atom. The number of rotatable bonds is 6. The average molecular weight is 534 g/mol. The molecule has 4 fully saturated rings. The van der Waals surface area contributed by atoms with Crippen LogP contribution >= 0.6 is 0 Å². The van der Waals surface area contributed by atoms with E-state index in [4.69, 9.17) is 4.74 Å². The van der Waals surface area contributed by atoms with Gasteiger partial charge in [0.05, 0.1) is 7.11 Å². The minimum Gasteiger partial charge on any atom is -0.496 e. The summed E-state index contributed by atoms with van der Waals surface area (Å²) in [6, 6.07) is 12.2. The minimum absolute atomic E-state index is 0.00209. The lowest BCUT2D eigenvalue weighted by Crippen LogP contribution is -2.53. The van der Waals surface area contributed by atoms with Gasteiger partial charge in [-0.1, -0.05) is 12.1 Å². The molecule has 7 rings (SSSR count). The smallest absolute Gasteiger partial charge is 0.253 e. The molecule has 1 atom stereocenters. The topological polar surface area (TPSA) is 48.6 Å². The number of aromatic nitrogens is 1. The predicted molar refractivity (Wildman–Crippen MR) is 147 cm³/mol. The number of carbonyl (C=O) groups is 1. The van der Waals surface area contributed by atoms with Crippen LogP contribution in [0.5, 0.6) is 5.75 Å². The minimum atomic E-state index is -2.55. The first-order valence-corrected chi connectivity index (χ1v) is 14.4. The van der Waals surface area contributed by atoms with Gasteiger partial charge < -0.3 is 14.6 Å². The molecule has 5 nitrogen and oxygen atoms in total. The van der Waals surface area contributed by atoms with Crippen molar-refractivity contribution in [2.75, 3.05) is 26.7 Å². The van der Waals surface area contributed by atoms with Crippen molar-refractivity contribution in [2.45, 2.75) is 64.0 Å². The van der Waals surface area contributed by atoms with Crippen molar-refractivity contribution in [3.8, 4) is 5.75 Å². The monoisotopic (exact) mass is 533 g/mol. The summed E-state index contributed by atoms with van der Waals surface area (Å²) in [7, 11) is 1.70. The largest absolute Gasteiger partial charge is 0.496 e. The van der Waals surface area contributed by atoms with E-state index in [2.05, 4.69) is 41.1 Å². The maximum Gasteiger partial charge on any atom is 0.253 e. The molecule has 1 spiro atoms. The van der Waals surface area contributed by atoms with Gasteiger partial charge in [0, 0.05) is 66.7 Å². The highest BCUT2D eigenvalue weighted by molar-refractivity contribution is 5.94. The summed E-state index contributed by atoms with van der Waals surface area (Å²) in [6.45, 7) is 5.26. The summed E-state index contributed by atoms with van der Waals surface area (Å²) in [6.07, 6.45) is 6.03. The van der Waals surface area contributed by atoms with E-state index in [1.54, 1.807) is 7.11 Å². The molecule has 0 bridgehead atoms. The van der Waals surface area contributed by atoms with E-state index in [0.717, 1.165) is 70.9 Å². The Hall–Kier alpha value is -2.93. The van der Waals surface area contributed by atoms with Crippen LogP contribution in [0.1, 0.15) is 71.6 Å². The molecule has 206 valence electrons. The lowest BCUT2D eigenvalue weighted by atomic mass is 9.59. The van der Waals surface area contributed by atoms with Crippen molar-refractivity contribution < 1.29 is 18.3 Å². The molecule has 0 radical (unpaired) electrons. The number of nitrogens with zero attached hydrogens (tertiary/aromatic N) is 2. The highest BCUT2D eigenvalue weighted by Crippen LogP contribution is 2.60. The van der Waals surface area contributed by atoms with Crippen molar-refractivity contribution in [1.29, 1.82) is 0 Å². The second kappa shape index (κ2) is 9.05. The standard InChI is InChI=1S/C32H37F2N3O2/c1-20-13-28(39-2)26(25-9-11-35-29(20)25)17-36-12-10-31(18-32(33,34)19-31)14-27(36)22-5-7-23(8-6-22)30(38)37-15-24(16-37)21-3-4-21/h5-9,11,13,21,24,27,35H,3-4,10,12,14-19H2,1-2H3. The first-order valence-electron chi connectivity index (χ1n) is 14.4. The van der Waals surface area contributed by atoms with Crippen molar-refractivity contribution >= 4 is 16.8 Å². The van der Waals surface area contributed by atoms with Gasteiger partial charge in [0.2, 0.25) is 5.92 Å². The number of H-pyrrole nitrogens is 1. The molecule has 2 aliphatic heterocycles. The van der Waals surface area contributed by atoms with E-state index in [1.807, 2.05) is 23.2 Å². The molecule has 2 saturated heterocycles. The van der Waals surface area contributed by atoms with E-state index in [0.29, 0.717) is 18.9 Å². The van der Waals surface area contributed by atoms with Gasteiger partial charge in [-0.25, -0.2) is 8.78 Å². The van der Waals surface area contributed by atoms with Crippen LogP contribution in [-0.2, 0) is 6.54 Å². The highest BCUT2D eigenvalue weighted by atomic mass is 19.3. The number of benzene rings is 2. The highest BCUT2D eigenvalue weighted by Gasteiger charge is 2.58. The number of hydrogen-bond acceptors (Lipinski definition) is 3. The number of likely N-dealkylation sites (tertiary alicyclic amines) is 2. The number of halogens is 2. The molecule has 3 heterocycles. The van der Waals surface area contributed by atoms with Crippen LogP contribution in [0, 0.1) is 24.2 Å². The molecule has 1 aromatic heterocycles. The Kier molecular flexibility index (Phi) is 5.82. The summed E-state index contributed by atoms with van der Waals surface area (Å²) in [5, 5.41) is 1.14. The summed E-state index contributed by atoms with van der Waals surface area (Å²) >= 11 is 0. The quantitative estimate of drug-likeness (QED) is 0.383. The van der Waals surface area contributed by atoms with Gasteiger partial charge in [0.15, 0.2) is 0 Å². The van der Waals surface area contributed by atoms with Crippen LogP contribution in [-0.4, -0.2) is 53.4 Å². The van der Waals surface area contributed by atoms with Crippen molar-refractivity contribution in [1.82, 2.24) is 14.8 Å². The van der Waals surface area contributed by atoms with E-state index >= 15 is 0 Å². The van der Waals surface area contributed by atoms with Crippen LogP contribution in [0.4, 0.5) is 8.78 Å². The molecule has 2 aliphatic carbocycles. The Balaban J connectivity index is 1.15. The molecular weight excluding hydrogens is 496 g/mol. The SMILES string of the molecule is COc1cc(C)c2[nH]ccc2c1CN1CCC2(CC1c1ccc(C(=O)N3CC(C4CC4)C3)cc1)CC(F)(F)C2. The number of nitrogens with one attached hydrogen (secondary N) is 1. The Labute approximate surface area is 228 Å². The maximum absolute atomic E-state index is 14.1. The molecular formula is C32H37F2N3O2. The summed E-state index contributed by atoms with van der Waals surface area (Å²) < 4.78 is 34.0. The van der Waals surface area contributed by atoms with E-state index in [1.165, 1.54) is 12.8 Å². The lowest BCUT2D eigenvalue weighted by Gasteiger charge is -2.54. The van der Waals surface area contributed by atoms with E-state index in [9.17, 15) is 13.6 Å². The average Bonchev–Trinajstić information content (AvgIpc) is 3.58. The second-order valence-corrected chi connectivity index (χ2v) is 12.7. The zero-order valence-corrected chi connectivity index (χ0v) is 22.8. The van der Waals surface area contributed by atoms with Crippen LogP contribution in [0.15, 0.2) is 42.6 Å². The van der Waals surface area contributed by atoms with E-state index < -0.39 is 5.92 Å². The van der Waals surface area contributed by atoms with Crippen LogP contribution in [0.3, 0.4) is 0 Å². The summed E-state index contributed by atoms with van der Waals surface area (Å²) in [5.74, 6) is -0.0662. The fraction of sp³-hybridized carbons (Fsp3) is 0.531. The van der Waals surface area contributed by atoms with Crippen LogP contribution in [0.2, 0.25) is 0 Å². The number of alkyl halides is 2. The van der Waals surface area contributed by atoms with Gasteiger partial charge in [-0.15, -0.1) is 0 Å². The van der Waals surface area contributed by atoms with Crippen molar-refractivity contribution in [3.05, 3.63) is 64.8 Å². The first-order chi connectivity index (χ1) is 18.7. The number of fused-ring (bicyclic) bond motifs is 1. The number of aromatic amines is 1. The van der Waals surface area contributed by atoms with Gasteiger partial charge in [-0.3, -0.25) is 9.69 Å². The molecule has 1 N–H and O–H groups in total. The fourth-order valence-electron chi connectivity index (χ4n) is 7.62. The number of aryl methyl sites for hydroxylation is 1. The van der Waals surface area contributed by atoms with Gasteiger partial charge in [0.25, 0.3) is 5.91 Å². The zero-order chi connectivity index (χ0) is 26.9. The van der Waals surface area contributed by atoms with Crippen LogP contribution in [0.25, 0.3) is 10.9 Å². The number of piperidine rings is 1. The third-order valence-corrected chi connectivity index (χ3v) is 9.98. The molecule has 4 aliphatic rings. The molecule has 2 aromatic carbocycles. The maximum atomic E-state index is 14.1. The zero-order valence-electron chi connectivity index (χ0n) is 22.8. The number of carbonyl (C=O) groups excluding carboxylic acids is 1. The number of amides is 1. The van der Waals surface area contributed by atoms with Gasteiger partial charge in [-0.05, 0) is 91.8 Å². The van der Waals surface area contributed by atoms with Crippen molar-refractivity contribution in [3.63, 3.8) is 0 Å². The Bertz CT molecular complexity index is 1400. The molecule has 1 amide bonds. The molecule has 39 heavy (non-hydrogen) atoms. The summed E-state index contributed by atoms with van der Waals surface area (Å²) in [4.78, 5) is 20.8. The first kappa shape index (κ1) is 25.1. The number of hydrogen-bond donors (Lipinski definition) is 1. The van der Waals surface area contributed by atoms with E-state index in [-0.39, 0.29) is 30.2 Å². The molecule has 3 aromatic rings. The third kappa shape index (κ3) is 4.43. The normalized spacial score (nSPS) is 24.5. The Morgan fingerprint density at radius 2 is 1.85 bits per heavy atom. The molecule has 2 saturated carbocycles. The molecule has 1 unspecified atom stereocenters. The summed E-state index contributed by atoms with van der Waals surface area (Å²) in [5.41, 5.74) is 4.86. The molecule has 7 heteroatoms. The van der Waals surface area contributed by atoms with Gasteiger partial charge in [-0.2, -0.15) is 0 Å². The third-order valence-electron chi connectivity index (χ3n) is 9.98. The van der Waals surface area contributed by atoms with Gasteiger partial charge >= 0.3 is 0 Å². The Morgan fingerprint density at radius 3 is 2.51 bits per heavy atom. The fourth-order valence-corrected chi connectivity index (χ4v) is 7.62. The van der Waals surface area contributed by atoms with Crippen molar-refractivity contribution in [2.24, 2.45) is 17.3 Å². The number of ether oxygens (including phenoxy) is 1. The predicted octanol–water partition coefficient (Wildman–Crippen LogP) is 6.72. The number of methoxy groups -OCH3 is 1. The lowest BCUT2D eigenvalue weighted by molar-refractivity contribution is -0.186. The van der Waals surface area contributed by atoms with Gasteiger partial charge in [0.1, 0.15) is 5.75 Å². The second-order valence-electron chi connectivity index (χ2n) is 12.7. The van der Waals surface area contributed by atoms with Crippen LogP contribution < -0.4 is 4.74 Å².